The van der Waals surface area contributed by atoms with E-state index in [4.69, 9.17) is 36.3 Å². The fraction of sp³-hybridized carbons (Fsp3) is 0.250. The van der Waals surface area contributed by atoms with Gasteiger partial charge in [-0.15, -0.1) is 0 Å². The van der Waals surface area contributed by atoms with Crippen LogP contribution in [0.25, 0.3) is 49.7 Å². The monoisotopic (exact) mass is 1220 g/mol. The summed E-state index contributed by atoms with van der Waals surface area (Å²) < 4.78 is 40.7. The number of nitrogens with one attached hydrogen (secondary N) is 7. The van der Waals surface area contributed by atoms with Crippen molar-refractivity contribution >= 4 is 90.3 Å². The normalized spacial score (nSPS) is 16.2. The first-order valence-electron chi connectivity index (χ1n) is 25.8. The van der Waals surface area contributed by atoms with Crippen molar-refractivity contribution < 1.29 is 27.9 Å². The van der Waals surface area contributed by atoms with Crippen LogP contribution in [0.15, 0.2) is 82.3 Å². The molecule has 0 radical (unpaired) electrons. The Morgan fingerprint density at radius 1 is 0.663 bits per heavy atom. The molecule has 10 aromatic rings. The standard InChI is InChI=1S/C22H19ClN8O2.C15H13N7O4S.C15H13N7O3S/c1-11(12-4-3-5-14(23)8-12)26-18-17(24-2)20(27-15-6-7-15)31-19(29-18)13(10-25-31)9-16-21(32)30-22(33)28-16;1-16-10-12(18-8-3-4-8)22-11(20-14(10)27(2,25)26)7(6-17-22)5-9-13(23)21-15(24)19-9;1-16-10-12(18-8-3-4-8)22-11(20-14(10)26(2)25)7(6-17-22)5-9-13(23)21-15(24)19-9/h3-5,8-11,15,26,32H,6-7H2,1H3,(H2,28,30,33);5-6,8,23H,3-4H2,2H3,(H2,19,21,24);5-6,8,23H,3-4H2,2H3,(H2,19,21,24)/t11-;;/m1../s1. The third kappa shape index (κ3) is 11.9. The van der Waals surface area contributed by atoms with Crippen LogP contribution in [0.1, 0.15) is 74.1 Å². The molecule has 3 fully saturated rings. The van der Waals surface area contributed by atoms with Gasteiger partial charge in [-0.3, -0.25) is 34.1 Å². The van der Waals surface area contributed by atoms with Gasteiger partial charge in [0.25, 0.3) is 17.1 Å². The van der Waals surface area contributed by atoms with Gasteiger partial charge in [-0.2, -0.15) is 15.3 Å². The molecule has 13 rings (SSSR count). The summed E-state index contributed by atoms with van der Waals surface area (Å²) in [6, 6.07) is 7.57. The maximum atomic E-state index is 12.2. The highest BCUT2D eigenvalue weighted by Crippen LogP contribution is 2.29. The molecule has 3 aliphatic rings. The van der Waals surface area contributed by atoms with E-state index in [0.29, 0.717) is 48.8 Å². The van der Waals surface area contributed by atoms with Crippen LogP contribution in [0.3, 0.4) is 0 Å². The molecule has 86 heavy (non-hydrogen) atoms. The van der Waals surface area contributed by atoms with Gasteiger partial charge < -0.3 is 35.6 Å². The number of aromatic nitrogens is 15. The van der Waals surface area contributed by atoms with Crippen LogP contribution in [-0.2, 0) is 20.6 Å². The molecule has 3 aliphatic carbocycles. The lowest BCUT2D eigenvalue weighted by Crippen LogP contribution is -2.22. The van der Waals surface area contributed by atoms with Crippen molar-refractivity contribution in [2.75, 3.05) is 17.8 Å². The largest absolute Gasteiger partial charge is 0.493 e. The third-order valence-corrected chi connectivity index (χ3v) is 15.2. The topological polar surface area (TPSA) is 411 Å². The molecule has 0 amide bonds. The van der Waals surface area contributed by atoms with E-state index < -0.39 is 37.7 Å². The number of halogens is 1. The minimum Gasteiger partial charge on any atom is -0.493 e. The quantitative estimate of drug-likeness (QED) is 0.0633. The van der Waals surface area contributed by atoms with Gasteiger partial charge in [0.15, 0.2) is 48.3 Å². The first-order valence-corrected chi connectivity index (χ1v) is 29.6. The second kappa shape index (κ2) is 22.7. The Hall–Kier alpha value is -10.8. The van der Waals surface area contributed by atoms with Crippen LogP contribution in [-0.4, -0.2) is 132 Å². The molecule has 2 atom stereocenters. The number of anilines is 1. The van der Waals surface area contributed by atoms with Gasteiger partial charge in [-0.25, -0.2) is 65.8 Å². The zero-order valence-corrected chi connectivity index (χ0v) is 47.4. The number of rotatable bonds is 11. The zero-order valence-electron chi connectivity index (χ0n) is 45.0. The highest BCUT2D eigenvalue weighted by atomic mass is 35.5. The van der Waals surface area contributed by atoms with Gasteiger partial charge >= 0.3 is 17.1 Å². The Balaban J connectivity index is 0.000000135. The molecular formula is C52H45ClN22O9S2. The molecular weight excluding hydrogens is 1180 g/mol. The molecule has 1 unspecified atom stereocenters. The second-order valence-corrected chi connectivity index (χ2v) is 23.5. The van der Waals surface area contributed by atoms with Crippen LogP contribution < -0.4 is 54.5 Å². The molecule has 0 saturated heterocycles. The number of aromatic amines is 6. The van der Waals surface area contributed by atoms with Crippen molar-refractivity contribution in [3.05, 3.63) is 168 Å². The van der Waals surface area contributed by atoms with Crippen LogP contribution in [0.2, 0.25) is 5.02 Å². The predicted octanol–water partition coefficient (Wildman–Crippen LogP) is 0.806. The average Bonchev–Trinajstić information content (AvgIpc) is 1.81. The van der Waals surface area contributed by atoms with Gasteiger partial charge in [0, 0.05) is 39.2 Å². The summed E-state index contributed by atoms with van der Waals surface area (Å²) in [4.78, 5) is 85.5. The van der Waals surface area contributed by atoms with E-state index in [0.717, 1.165) is 50.3 Å². The average molecular weight is 1220 g/mol. The number of sulfone groups is 1. The number of fused-ring (bicyclic) bond motifs is 3. The minimum atomic E-state index is -3.80. The molecule has 0 bridgehead atoms. The first-order chi connectivity index (χ1) is 41.2. The van der Waals surface area contributed by atoms with Gasteiger partial charge in [-0.1, -0.05) is 23.7 Å². The molecule has 436 valence electrons. The van der Waals surface area contributed by atoms with E-state index in [9.17, 15) is 42.3 Å². The van der Waals surface area contributed by atoms with Crippen LogP contribution >= 0.6 is 11.6 Å². The summed E-state index contributed by atoms with van der Waals surface area (Å²) in [6.45, 7) is 24.6. The molecule has 34 heteroatoms. The minimum absolute atomic E-state index is 0.0187. The summed E-state index contributed by atoms with van der Waals surface area (Å²) >= 11 is 6.14. The summed E-state index contributed by atoms with van der Waals surface area (Å²) in [7, 11) is -5.29. The molecule has 10 N–H and O–H groups in total. The Bertz CT molecular complexity index is 5310. The highest BCUT2D eigenvalue weighted by molar-refractivity contribution is 7.90. The van der Waals surface area contributed by atoms with Crippen molar-refractivity contribution in [2.45, 2.75) is 79.7 Å². The van der Waals surface area contributed by atoms with Crippen LogP contribution in [0, 0.1) is 19.7 Å². The Morgan fingerprint density at radius 3 is 1.44 bits per heavy atom. The molecule has 0 spiro atoms. The highest BCUT2D eigenvalue weighted by Gasteiger charge is 2.27. The second-order valence-electron chi connectivity index (χ2n) is 19.8. The lowest BCUT2D eigenvalue weighted by molar-refractivity contribution is 0.454. The number of H-pyrrole nitrogens is 6. The molecule has 0 aliphatic heterocycles. The predicted molar refractivity (Wildman–Crippen MR) is 308 cm³/mol. The van der Waals surface area contributed by atoms with E-state index in [1.54, 1.807) is 18.3 Å². The number of benzene rings is 1. The molecule has 1 aromatic carbocycles. The summed E-state index contributed by atoms with van der Waals surface area (Å²) in [5, 5.41) is 47.3. The van der Waals surface area contributed by atoms with Crippen molar-refractivity contribution in [3.63, 3.8) is 0 Å². The Labute approximate surface area is 488 Å². The van der Waals surface area contributed by atoms with E-state index in [-0.39, 0.29) is 97.1 Å². The summed E-state index contributed by atoms with van der Waals surface area (Å²) in [5.74, 6) is -0.600. The van der Waals surface area contributed by atoms with Crippen LogP contribution in [0.5, 0.6) is 17.6 Å². The van der Waals surface area contributed by atoms with Crippen molar-refractivity contribution in [1.29, 1.82) is 0 Å². The molecule has 9 heterocycles. The van der Waals surface area contributed by atoms with Gasteiger partial charge in [-0.05, 0) is 81.4 Å². The van der Waals surface area contributed by atoms with Crippen LogP contribution in [0.4, 0.5) is 22.9 Å². The van der Waals surface area contributed by atoms with Gasteiger partial charge in [0.2, 0.25) is 17.6 Å². The smallest absolute Gasteiger partial charge is 0.326 e. The summed E-state index contributed by atoms with van der Waals surface area (Å²) in [5.41, 5.74) is 1.73. The SMILES string of the molecule is [C-]#[N+]c1c(N[C@H](C)c2cccc(Cl)c2)nc2c(=Cc3[nH]c(=O)[nH]c3O)cnn2c1=NC1CC1.[C-]#[N+]c1c(S(C)(=O)=O)nc2c(=Cc3[nH]c(=O)[nH]c3O)cnn2c1=NC1CC1.[C-]#[N+]c1c(S(C)=O)nc2c(=Cc3[nH]c(=O)[nH]c3O)cnn2c1=NC1CC1. The maximum absolute atomic E-state index is 12.2. The fourth-order valence-corrected chi connectivity index (χ4v) is 10.1. The Morgan fingerprint density at radius 2 is 1.07 bits per heavy atom. The zero-order chi connectivity index (χ0) is 60.9. The van der Waals surface area contributed by atoms with E-state index in [1.165, 1.54) is 44.3 Å². The molecule has 31 nitrogen and oxygen atoms in total. The Kier molecular flexibility index (Phi) is 15.1. The maximum Gasteiger partial charge on any atom is 0.326 e. The number of hydrogen-bond acceptors (Lipinski definition) is 19. The van der Waals surface area contributed by atoms with E-state index >= 15 is 0 Å². The molecule has 3 saturated carbocycles. The molecule has 9 aromatic heterocycles. The van der Waals surface area contributed by atoms with Gasteiger partial charge in [0.05, 0.1) is 67.2 Å². The number of hydrogen-bond donors (Lipinski definition) is 10. The number of imidazole rings is 3. The van der Waals surface area contributed by atoms with Crippen molar-refractivity contribution in [3.8, 4) is 17.6 Å². The fourth-order valence-electron chi connectivity index (χ4n) is 8.57. The third-order valence-electron chi connectivity index (χ3n) is 13.1. The number of nitrogens with zero attached hydrogens (tertiary/aromatic N) is 15. The lowest BCUT2D eigenvalue weighted by Gasteiger charge is -2.17. The summed E-state index contributed by atoms with van der Waals surface area (Å²) in [6.07, 6.45) is 16.8. The van der Waals surface area contributed by atoms with E-state index in [2.05, 4.69) is 90.0 Å². The van der Waals surface area contributed by atoms with Crippen molar-refractivity contribution in [2.24, 2.45) is 15.0 Å². The first kappa shape index (κ1) is 57.0. The van der Waals surface area contributed by atoms with Crippen molar-refractivity contribution in [1.82, 2.24) is 73.7 Å². The lowest BCUT2D eigenvalue weighted by atomic mass is 10.1. The van der Waals surface area contributed by atoms with Gasteiger partial charge in [0.1, 0.15) is 27.9 Å². The number of aromatic hydroxyl groups is 3. The van der Waals surface area contributed by atoms with E-state index in [1.807, 2.05) is 25.1 Å².